The zero-order valence-corrected chi connectivity index (χ0v) is 20.1. The van der Waals surface area contributed by atoms with Gasteiger partial charge in [0.25, 0.3) is 0 Å². The Morgan fingerprint density at radius 2 is 1.86 bits per heavy atom. The Labute approximate surface area is 207 Å². The molecular formula is C28H36N2O5. The molecule has 7 heteroatoms. The van der Waals surface area contributed by atoms with Crippen LogP contribution in [-0.2, 0) is 22.6 Å². The van der Waals surface area contributed by atoms with Gasteiger partial charge in [-0.05, 0) is 48.9 Å². The van der Waals surface area contributed by atoms with Gasteiger partial charge in [-0.15, -0.1) is 6.58 Å². The number of hydrogen-bond donors (Lipinski definition) is 3. The van der Waals surface area contributed by atoms with E-state index in [1.807, 2.05) is 54.6 Å². The number of nitrogens with zero attached hydrogens (tertiary/aromatic N) is 1. The van der Waals surface area contributed by atoms with Crippen LogP contribution in [0.4, 0.5) is 0 Å². The van der Waals surface area contributed by atoms with Crippen LogP contribution in [0.2, 0.25) is 0 Å². The van der Waals surface area contributed by atoms with Crippen LogP contribution in [-0.4, -0.2) is 58.8 Å². The molecule has 3 atom stereocenters. The normalized spacial score (nSPS) is 17.0. The van der Waals surface area contributed by atoms with Gasteiger partial charge in [0.15, 0.2) is 0 Å². The summed E-state index contributed by atoms with van der Waals surface area (Å²) in [4.78, 5) is 27.4. The summed E-state index contributed by atoms with van der Waals surface area (Å²) in [6.07, 6.45) is 4.14. The molecule has 2 aromatic carbocycles. The molecule has 1 aliphatic heterocycles. The van der Waals surface area contributed by atoms with Crippen molar-refractivity contribution in [3.8, 4) is 5.75 Å². The lowest BCUT2D eigenvalue weighted by Crippen LogP contribution is -2.44. The molecule has 3 N–H and O–H groups in total. The number of amides is 2. The number of ether oxygens (including phenoxy) is 1. The fourth-order valence-corrected chi connectivity index (χ4v) is 4.39. The van der Waals surface area contributed by atoms with E-state index in [1.165, 1.54) is 0 Å². The maximum atomic E-state index is 13.0. The monoisotopic (exact) mass is 480 g/mol. The average Bonchev–Trinajstić information content (AvgIpc) is 3.37. The van der Waals surface area contributed by atoms with Gasteiger partial charge in [-0.1, -0.05) is 48.5 Å². The molecule has 0 unspecified atom stereocenters. The Morgan fingerprint density at radius 3 is 2.51 bits per heavy atom. The molecule has 1 fully saturated rings. The second kappa shape index (κ2) is 13.7. The third-order valence-corrected chi connectivity index (χ3v) is 6.37. The minimum Gasteiger partial charge on any atom is -0.489 e. The third kappa shape index (κ3) is 7.94. The number of carbonyl (C=O) groups excluding carboxylic acids is 2. The van der Waals surface area contributed by atoms with Gasteiger partial charge in [0.1, 0.15) is 12.4 Å². The lowest BCUT2D eigenvalue weighted by atomic mass is 9.98. The highest BCUT2D eigenvalue weighted by Gasteiger charge is 2.31. The van der Waals surface area contributed by atoms with E-state index in [0.29, 0.717) is 26.0 Å². The van der Waals surface area contributed by atoms with Gasteiger partial charge >= 0.3 is 0 Å². The Balaban J connectivity index is 1.53. The maximum Gasteiger partial charge on any atom is 0.224 e. The molecule has 3 rings (SSSR count). The van der Waals surface area contributed by atoms with Crippen molar-refractivity contribution in [1.82, 2.24) is 10.2 Å². The number of likely N-dealkylation sites (tertiary alicyclic amines) is 1. The molecule has 188 valence electrons. The van der Waals surface area contributed by atoms with E-state index in [2.05, 4.69) is 11.9 Å². The van der Waals surface area contributed by atoms with Gasteiger partial charge in [-0.3, -0.25) is 9.59 Å². The molecule has 0 aromatic heterocycles. The molecule has 0 radical (unpaired) electrons. The zero-order valence-electron chi connectivity index (χ0n) is 20.1. The van der Waals surface area contributed by atoms with Crippen molar-refractivity contribution in [2.24, 2.45) is 5.92 Å². The van der Waals surface area contributed by atoms with Gasteiger partial charge in [-0.25, -0.2) is 0 Å². The second-order valence-electron chi connectivity index (χ2n) is 9.00. The number of benzene rings is 2. The first-order chi connectivity index (χ1) is 17.0. The van der Waals surface area contributed by atoms with Crippen LogP contribution in [0.5, 0.6) is 5.75 Å². The third-order valence-electron chi connectivity index (χ3n) is 6.37. The molecule has 2 aromatic rings. The maximum absolute atomic E-state index is 13.0. The van der Waals surface area contributed by atoms with Crippen molar-refractivity contribution in [1.29, 1.82) is 0 Å². The van der Waals surface area contributed by atoms with E-state index in [1.54, 1.807) is 11.0 Å². The molecule has 0 saturated carbocycles. The summed E-state index contributed by atoms with van der Waals surface area (Å²) >= 11 is 0. The summed E-state index contributed by atoms with van der Waals surface area (Å²) in [5.41, 5.74) is 2.04. The number of allylic oxidation sites excluding steroid dienone is 1. The van der Waals surface area contributed by atoms with E-state index < -0.39 is 12.0 Å². The van der Waals surface area contributed by atoms with Gasteiger partial charge < -0.3 is 25.2 Å². The van der Waals surface area contributed by atoms with Crippen molar-refractivity contribution in [2.75, 3.05) is 19.8 Å². The summed E-state index contributed by atoms with van der Waals surface area (Å²) in [6, 6.07) is 16.9. The van der Waals surface area contributed by atoms with Crippen LogP contribution in [0.1, 0.15) is 36.8 Å². The van der Waals surface area contributed by atoms with Crippen molar-refractivity contribution in [2.45, 2.75) is 50.8 Å². The van der Waals surface area contributed by atoms with Crippen LogP contribution < -0.4 is 10.1 Å². The summed E-state index contributed by atoms with van der Waals surface area (Å²) in [6.45, 7) is 4.53. The molecule has 1 aliphatic rings. The number of carbonyl (C=O) groups is 2. The zero-order chi connectivity index (χ0) is 25.0. The minimum absolute atomic E-state index is 0.0555. The molecule has 0 bridgehead atoms. The SMILES string of the molecule is C=CC[C@H](CC(=O)N1CCC[C@H]1CO)C(=O)N[C@H](CO)Cc1ccc(OCc2ccccc2)cc1. The molecule has 0 spiro atoms. The number of hydrogen-bond acceptors (Lipinski definition) is 5. The largest absolute Gasteiger partial charge is 0.489 e. The summed E-state index contributed by atoms with van der Waals surface area (Å²) in [5, 5.41) is 22.3. The van der Waals surface area contributed by atoms with Gasteiger partial charge in [-0.2, -0.15) is 0 Å². The lowest BCUT2D eigenvalue weighted by molar-refractivity contribution is -0.137. The van der Waals surface area contributed by atoms with Crippen LogP contribution in [0.25, 0.3) is 0 Å². The topological polar surface area (TPSA) is 99.1 Å². The Hall–Kier alpha value is -3.16. The highest BCUT2D eigenvalue weighted by molar-refractivity contribution is 5.86. The van der Waals surface area contributed by atoms with Gasteiger partial charge in [0, 0.05) is 13.0 Å². The Bertz CT molecular complexity index is 948. The molecule has 1 saturated heterocycles. The van der Waals surface area contributed by atoms with Crippen molar-refractivity contribution in [3.63, 3.8) is 0 Å². The van der Waals surface area contributed by atoms with Crippen molar-refractivity contribution >= 4 is 11.8 Å². The molecular weight excluding hydrogens is 444 g/mol. The summed E-state index contributed by atoms with van der Waals surface area (Å²) < 4.78 is 5.82. The number of nitrogens with one attached hydrogen (secondary N) is 1. The van der Waals surface area contributed by atoms with Crippen LogP contribution in [0, 0.1) is 5.92 Å². The smallest absolute Gasteiger partial charge is 0.224 e. The van der Waals surface area contributed by atoms with Gasteiger partial charge in [0.05, 0.1) is 31.2 Å². The lowest BCUT2D eigenvalue weighted by Gasteiger charge is -2.26. The van der Waals surface area contributed by atoms with Gasteiger partial charge in [0.2, 0.25) is 11.8 Å². The Kier molecular flexibility index (Phi) is 10.3. The standard InChI is InChI=1S/C28H36N2O5/c1-2-7-23(17-27(33)30-15-6-10-25(30)19-32)28(34)29-24(18-31)16-21-11-13-26(14-12-21)35-20-22-8-4-3-5-9-22/h2-5,8-9,11-14,23-25,31-32H,1,6-7,10,15-20H2,(H,29,34)/t23-,24+,25+/m1/s1. The highest BCUT2D eigenvalue weighted by Crippen LogP contribution is 2.21. The fourth-order valence-electron chi connectivity index (χ4n) is 4.39. The number of aliphatic hydroxyl groups is 2. The van der Waals surface area contributed by atoms with E-state index in [0.717, 1.165) is 29.7 Å². The van der Waals surface area contributed by atoms with Crippen LogP contribution in [0.3, 0.4) is 0 Å². The van der Waals surface area contributed by atoms with E-state index in [9.17, 15) is 19.8 Å². The first kappa shape index (κ1) is 26.4. The first-order valence-electron chi connectivity index (χ1n) is 12.2. The quantitative estimate of drug-likeness (QED) is 0.383. The predicted octanol–water partition coefficient (Wildman–Crippen LogP) is 2.85. The van der Waals surface area contributed by atoms with Crippen molar-refractivity contribution in [3.05, 3.63) is 78.4 Å². The average molecular weight is 481 g/mol. The minimum atomic E-state index is -0.567. The first-order valence-corrected chi connectivity index (χ1v) is 12.2. The highest BCUT2D eigenvalue weighted by atomic mass is 16.5. The number of aliphatic hydroxyl groups excluding tert-OH is 2. The molecule has 2 amide bonds. The summed E-state index contributed by atoms with van der Waals surface area (Å²) in [7, 11) is 0. The van der Waals surface area contributed by atoms with Crippen molar-refractivity contribution < 1.29 is 24.5 Å². The molecule has 35 heavy (non-hydrogen) atoms. The predicted molar refractivity (Wildman–Crippen MR) is 135 cm³/mol. The fraction of sp³-hybridized carbons (Fsp3) is 0.429. The number of rotatable bonds is 13. The Morgan fingerprint density at radius 1 is 1.11 bits per heavy atom. The molecule has 1 heterocycles. The van der Waals surface area contributed by atoms with E-state index >= 15 is 0 Å². The van der Waals surface area contributed by atoms with E-state index in [-0.39, 0.29) is 37.5 Å². The van der Waals surface area contributed by atoms with Crippen LogP contribution >= 0.6 is 0 Å². The van der Waals surface area contributed by atoms with E-state index in [4.69, 9.17) is 4.74 Å². The summed E-state index contributed by atoms with van der Waals surface area (Å²) in [5.74, 6) is -0.229. The molecule has 7 nitrogen and oxygen atoms in total. The molecule has 0 aliphatic carbocycles. The van der Waals surface area contributed by atoms with Crippen LogP contribution in [0.15, 0.2) is 67.3 Å². The second-order valence-corrected chi connectivity index (χ2v) is 9.00.